The Morgan fingerprint density at radius 3 is 2.62 bits per heavy atom. The molecule has 3 fully saturated rings. The minimum absolute atomic E-state index is 0.00295. The Bertz CT molecular complexity index is 587. The molecular formula is C18H20N2O. The van der Waals surface area contributed by atoms with Gasteiger partial charge in [-0.3, -0.25) is 4.79 Å². The van der Waals surface area contributed by atoms with Gasteiger partial charge in [-0.05, 0) is 31.4 Å². The maximum absolute atomic E-state index is 12.6. The molecule has 0 radical (unpaired) electrons. The van der Waals surface area contributed by atoms with Crippen LogP contribution in [0.3, 0.4) is 0 Å². The summed E-state index contributed by atoms with van der Waals surface area (Å²) in [5, 5.41) is 0. The second-order valence-electron chi connectivity index (χ2n) is 6.52. The standard InChI is InChI=1S/C18H20N2O/c1-2-17-14-10-16(20(17)18(21)13-8-9-13)12-19(11-14)15-6-4-3-5-7-15/h1,3-7,13-14,16-17H,8-12H2. The molecule has 3 nitrogen and oxygen atoms in total. The highest BCUT2D eigenvalue weighted by molar-refractivity contribution is 5.82. The average molecular weight is 280 g/mol. The van der Waals surface area contributed by atoms with Gasteiger partial charge in [0.2, 0.25) is 5.91 Å². The number of hydrogen-bond acceptors (Lipinski definition) is 2. The van der Waals surface area contributed by atoms with E-state index in [0.29, 0.717) is 11.8 Å². The van der Waals surface area contributed by atoms with E-state index in [2.05, 4.69) is 35.1 Å². The van der Waals surface area contributed by atoms with Crippen molar-refractivity contribution in [3.63, 3.8) is 0 Å². The number of likely N-dealkylation sites (tertiary alicyclic amines) is 1. The number of carbonyl (C=O) groups is 1. The summed E-state index contributed by atoms with van der Waals surface area (Å²) >= 11 is 0. The third kappa shape index (κ3) is 2.10. The second-order valence-corrected chi connectivity index (χ2v) is 6.52. The molecule has 3 atom stereocenters. The zero-order valence-corrected chi connectivity index (χ0v) is 12.1. The minimum Gasteiger partial charge on any atom is -0.369 e. The Labute approximate surface area is 125 Å². The SMILES string of the molecule is C#CC1C2CC(CN(c3ccccc3)C2)N1C(=O)C1CC1. The van der Waals surface area contributed by atoms with Crippen LogP contribution in [0.25, 0.3) is 0 Å². The molecule has 4 rings (SSSR count). The fourth-order valence-electron chi connectivity index (χ4n) is 3.92. The van der Waals surface area contributed by atoms with Gasteiger partial charge < -0.3 is 9.80 Å². The Morgan fingerprint density at radius 2 is 1.95 bits per heavy atom. The van der Waals surface area contributed by atoms with Crippen molar-refractivity contribution in [2.45, 2.75) is 31.3 Å². The molecule has 2 heterocycles. The number of anilines is 1. The maximum atomic E-state index is 12.6. The van der Waals surface area contributed by atoms with E-state index in [-0.39, 0.29) is 18.0 Å². The van der Waals surface area contributed by atoms with Crippen molar-refractivity contribution >= 4 is 11.6 Å². The summed E-state index contributed by atoms with van der Waals surface area (Å²) in [6.07, 6.45) is 8.92. The van der Waals surface area contributed by atoms with Crippen molar-refractivity contribution < 1.29 is 4.79 Å². The molecule has 0 aromatic heterocycles. The fraction of sp³-hybridized carbons (Fsp3) is 0.500. The van der Waals surface area contributed by atoms with Crippen molar-refractivity contribution in [2.75, 3.05) is 18.0 Å². The van der Waals surface area contributed by atoms with Crippen LogP contribution in [0, 0.1) is 24.2 Å². The third-order valence-corrected chi connectivity index (χ3v) is 5.07. The Hall–Kier alpha value is -1.95. The minimum atomic E-state index is -0.00295. The normalized spacial score (nSPS) is 31.1. The first kappa shape index (κ1) is 12.8. The van der Waals surface area contributed by atoms with Crippen molar-refractivity contribution in [3.8, 4) is 12.3 Å². The Balaban J connectivity index is 1.60. The first-order valence-electron chi connectivity index (χ1n) is 7.86. The van der Waals surface area contributed by atoms with E-state index < -0.39 is 0 Å². The first-order valence-corrected chi connectivity index (χ1v) is 7.86. The summed E-state index contributed by atoms with van der Waals surface area (Å²) in [4.78, 5) is 17.0. The lowest BCUT2D eigenvalue weighted by atomic mass is 9.95. The van der Waals surface area contributed by atoms with Crippen molar-refractivity contribution in [3.05, 3.63) is 30.3 Å². The molecule has 1 aliphatic carbocycles. The molecule has 1 amide bonds. The number of fused-ring (bicyclic) bond motifs is 2. The van der Waals surface area contributed by atoms with Crippen LogP contribution >= 0.6 is 0 Å². The van der Waals surface area contributed by atoms with Gasteiger partial charge in [0.15, 0.2) is 0 Å². The van der Waals surface area contributed by atoms with Crippen LogP contribution in [-0.4, -0.2) is 36.0 Å². The molecule has 3 unspecified atom stereocenters. The topological polar surface area (TPSA) is 23.6 Å². The second kappa shape index (κ2) is 4.80. The van der Waals surface area contributed by atoms with Gasteiger partial charge in [0, 0.05) is 30.6 Å². The molecule has 108 valence electrons. The third-order valence-electron chi connectivity index (χ3n) is 5.07. The van der Waals surface area contributed by atoms with Crippen LogP contribution in [0.15, 0.2) is 30.3 Å². The van der Waals surface area contributed by atoms with E-state index in [9.17, 15) is 4.79 Å². The lowest BCUT2D eigenvalue weighted by Crippen LogP contribution is -2.45. The smallest absolute Gasteiger partial charge is 0.227 e. The molecule has 2 bridgehead atoms. The number of benzene rings is 1. The number of para-hydroxylation sites is 1. The first-order chi connectivity index (χ1) is 10.3. The van der Waals surface area contributed by atoms with Crippen LogP contribution in [0.5, 0.6) is 0 Å². The maximum Gasteiger partial charge on any atom is 0.227 e. The zero-order chi connectivity index (χ0) is 14.4. The summed E-state index contributed by atoms with van der Waals surface area (Å²) in [5.74, 6) is 3.87. The average Bonchev–Trinajstić information content (AvgIpc) is 3.33. The van der Waals surface area contributed by atoms with Crippen molar-refractivity contribution in [1.29, 1.82) is 0 Å². The van der Waals surface area contributed by atoms with Crippen molar-refractivity contribution in [2.24, 2.45) is 11.8 Å². The molecule has 1 aromatic carbocycles. The van der Waals surface area contributed by atoms with E-state index in [1.807, 2.05) is 11.0 Å². The number of carbonyl (C=O) groups excluding carboxylic acids is 1. The van der Waals surface area contributed by atoms with Gasteiger partial charge in [-0.1, -0.05) is 24.1 Å². The number of hydrogen-bond donors (Lipinski definition) is 0. The van der Waals surface area contributed by atoms with Gasteiger partial charge in [0.1, 0.15) is 0 Å². The molecule has 2 aliphatic heterocycles. The molecule has 0 N–H and O–H groups in total. The van der Waals surface area contributed by atoms with Crippen molar-refractivity contribution in [1.82, 2.24) is 4.90 Å². The molecule has 3 aliphatic rings. The number of terminal acetylenes is 1. The van der Waals surface area contributed by atoms with Gasteiger partial charge >= 0.3 is 0 Å². The summed E-state index contributed by atoms with van der Waals surface area (Å²) in [6.45, 7) is 1.88. The molecular weight excluding hydrogens is 260 g/mol. The fourth-order valence-corrected chi connectivity index (χ4v) is 3.92. The monoisotopic (exact) mass is 280 g/mol. The van der Waals surface area contributed by atoms with Gasteiger partial charge in [-0.2, -0.15) is 0 Å². The summed E-state index contributed by atoms with van der Waals surface area (Å²) in [7, 11) is 0. The quantitative estimate of drug-likeness (QED) is 0.775. The van der Waals surface area contributed by atoms with Gasteiger partial charge in [-0.25, -0.2) is 0 Å². The van der Waals surface area contributed by atoms with E-state index in [1.165, 1.54) is 5.69 Å². The molecule has 3 heteroatoms. The molecule has 1 saturated carbocycles. The van der Waals surface area contributed by atoms with Gasteiger partial charge in [0.25, 0.3) is 0 Å². The van der Waals surface area contributed by atoms with Crippen LogP contribution in [0.4, 0.5) is 5.69 Å². The van der Waals surface area contributed by atoms with Crippen LogP contribution < -0.4 is 4.90 Å². The molecule has 21 heavy (non-hydrogen) atoms. The lowest BCUT2D eigenvalue weighted by molar-refractivity contribution is -0.134. The van der Waals surface area contributed by atoms with E-state index in [0.717, 1.165) is 32.4 Å². The number of piperidine rings is 1. The molecule has 1 aromatic rings. The highest BCUT2D eigenvalue weighted by Crippen LogP contribution is 2.41. The number of rotatable bonds is 2. The predicted molar refractivity (Wildman–Crippen MR) is 82.7 cm³/mol. The lowest BCUT2D eigenvalue weighted by Gasteiger charge is -2.34. The van der Waals surface area contributed by atoms with E-state index in [4.69, 9.17) is 6.42 Å². The van der Waals surface area contributed by atoms with E-state index in [1.54, 1.807) is 0 Å². The summed E-state index contributed by atoms with van der Waals surface area (Å²) in [5.41, 5.74) is 1.24. The summed E-state index contributed by atoms with van der Waals surface area (Å²) in [6, 6.07) is 10.7. The highest BCUT2D eigenvalue weighted by atomic mass is 16.2. The van der Waals surface area contributed by atoms with E-state index >= 15 is 0 Å². The highest BCUT2D eigenvalue weighted by Gasteiger charge is 2.50. The van der Waals surface area contributed by atoms with Crippen LogP contribution in [0.2, 0.25) is 0 Å². The number of nitrogens with zero attached hydrogens (tertiary/aromatic N) is 2. The molecule has 0 spiro atoms. The van der Waals surface area contributed by atoms with Gasteiger partial charge in [-0.15, -0.1) is 6.42 Å². The Morgan fingerprint density at radius 1 is 1.19 bits per heavy atom. The van der Waals surface area contributed by atoms with Crippen LogP contribution in [-0.2, 0) is 4.79 Å². The Kier molecular flexibility index (Phi) is 2.92. The largest absolute Gasteiger partial charge is 0.369 e. The predicted octanol–water partition coefficient (Wildman–Crippen LogP) is 2.14. The number of amides is 1. The van der Waals surface area contributed by atoms with Gasteiger partial charge in [0.05, 0.1) is 12.1 Å². The van der Waals surface area contributed by atoms with Crippen LogP contribution in [0.1, 0.15) is 19.3 Å². The molecule has 2 saturated heterocycles. The zero-order valence-electron chi connectivity index (χ0n) is 12.1. The summed E-state index contributed by atoms with van der Waals surface area (Å²) < 4.78 is 0.